The van der Waals surface area contributed by atoms with Crippen LogP contribution < -0.4 is 9.47 Å². The number of halogens is 4. The van der Waals surface area contributed by atoms with E-state index in [9.17, 15) is 18.3 Å². The van der Waals surface area contributed by atoms with Gasteiger partial charge in [-0.25, -0.2) is 4.98 Å². The minimum atomic E-state index is -4.64. The number of hydrogen-bond acceptors (Lipinski definition) is 7. The number of hydrogen-bond donors (Lipinski definition) is 1. The summed E-state index contributed by atoms with van der Waals surface area (Å²) in [6.45, 7) is 1.62. The summed E-state index contributed by atoms with van der Waals surface area (Å²) in [5, 5.41) is 12.9. The topological polar surface area (TPSA) is 67.7 Å². The summed E-state index contributed by atoms with van der Waals surface area (Å²) < 4.78 is 51.7. The molecule has 0 bridgehead atoms. The SMILES string of the molecule is O[C@H](COc1cc(C(F)(F)F)nc(-c2cccs2)n1)CN1CCC2(CC1)Cc1cc(Cl)ccc1O2. The standard InChI is InChI=1S/C24H23ClF3N3O3S/c25-16-3-4-18-15(10-16)12-23(34-18)5-7-31(8-6-23)13-17(32)14-33-21-11-20(24(26,27)28)29-22(30-21)19-2-1-9-35-19/h1-4,9-11,17,32H,5-8,12-14H2/t17-/m0/s1. The van der Waals surface area contributed by atoms with E-state index < -0.39 is 18.0 Å². The second-order valence-electron chi connectivity index (χ2n) is 8.87. The van der Waals surface area contributed by atoms with Crippen molar-refractivity contribution in [1.29, 1.82) is 0 Å². The molecule has 6 nitrogen and oxygen atoms in total. The quantitative estimate of drug-likeness (QED) is 0.484. The van der Waals surface area contributed by atoms with Gasteiger partial charge < -0.3 is 19.5 Å². The van der Waals surface area contributed by atoms with Crippen LogP contribution in [0, 0.1) is 0 Å². The van der Waals surface area contributed by atoms with E-state index >= 15 is 0 Å². The largest absolute Gasteiger partial charge is 0.487 e. The van der Waals surface area contributed by atoms with Gasteiger partial charge in [-0.2, -0.15) is 18.2 Å². The van der Waals surface area contributed by atoms with Crippen LogP contribution in [0.1, 0.15) is 24.1 Å². The Morgan fingerprint density at radius 2 is 2.00 bits per heavy atom. The number of β-amino-alcohol motifs (C(OH)–C–C–N with tert-alkyl or cyclic N) is 1. The number of aliphatic hydroxyl groups is 1. The van der Waals surface area contributed by atoms with E-state index in [-0.39, 0.29) is 23.9 Å². The predicted molar refractivity (Wildman–Crippen MR) is 126 cm³/mol. The van der Waals surface area contributed by atoms with Crippen LogP contribution in [0.15, 0.2) is 41.8 Å². The van der Waals surface area contributed by atoms with E-state index in [1.807, 2.05) is 18.2 Å². The highest BCUT2D eigenvalue weighted by atomic mass is 35.5. The van der Waals surface area contributed by atoms with E-state index in [1.54, 1.807) is 17.5 Å². The highest BCUT2D eigenvalue weighted by Crippen LogP contribution is 2.42. The number of fused-ring (bicyclic) bond motifs is 1. The van der Waals surface area contributed by atoms with Crippen molar-refractivity contribution in [3.8, 4) is 22.3 Å². The summed E-state index contributed by atoms with van der Waals surface area (Å²) in [7, 11) is 0. The van der Waals surface area contributed by atoms with Gasteiger partial charge in [-0.1, -0.05) is 17.7 Å². The minimum Gasteiger partial charge on any atom is -0.487 e. The molecule has 2 aliphatic rings. The van der Waals surface area contributed by atoms with Gasteiger partial charge in [0, 0.05) is 50.0 Å². The first-order valence-electron chi connectivity index (χ1n) is 11.2. The summed E-state index contributed by atoms with van der Waals surface area (Å²) in [6.07, 6.45) is -3.11. The number of thiophene rings is 1. The zero-order valence-corrected chi connectivity index (χ0v) is 20.2. The third kappa shape index (κ3) is 5.55. The van der Waals surface area contributed by atoms with Gasteiger partial charge in [-0.3, -0.25) is 0 Å². The number of aliphatic hydroxyl groups excluding tert-OH is 1. The van der Waals surface area contributed by atoms with Crippen LogP contribution in [0.2, 0.25) is 5.02 Å². The van der Waals surface area contributed by atoms with Gasteiger partial charge >= 0.3 is 6.18 Å². The molecular formula is C24H23ClF3N3O3S. The Bertz CT molecular complexity index is 1180. The molecule has 2 aliphatic heterocycles. The number of alkyl halides is 3. The number of piperidine rings is 1. The molecule has 0 aliphatic carbocycles. The fourth-order valence-electron chi connectivity index (χ4n) is 4.52. The van der Waals surface area contributed by atoms with Crippen molar-refractivity contribution in [2.75, 3.05) is 26.2 Å². The van der Waals surface area contributed by atoms with Crippen LogP contribution >= 0.6 is 22.9 Å². The maximum absolute atomic E-state index is 13.3. The van der Waals surface area contributed by atoms with Crippen molar-refractivity contribution >= 4 is 22.9 Å². The molecule has 0 saturated carbocycles. The van der Waals surface area contributed by atoms with Crippen LogP contribution in [0.25, 0.3) is 10.7 Å². The molecule has 1 saturated heterocycles. The van der Waals surface area contributed by atoms with Crippen LogP contribution in [-0.4, -0.2) is 57.9 Å². The Labute approximate surface area is 209 Å². The van der Waals surface area contributed by atoms with E-state index in [1.165, 1.54) is 11.3 Å². The molecule has 3 aromatic rings. The average Bonchev–Trinajstić information content (AvgIpc) is 3.47. The van der Waals surface area contributed by atoms with Gasteiger partial charge in [0.1, 0.15) is 24.1 Å². The maximum atomic E-state index is 13.3. The van der Waals surface area contributed by atoms with Crippen molar-refractivity contribution in [3.63, 3.8) is 0 Å². The maximum Gasteiger partial charge on any atom is 0.433 e. The van der Waals surface area contributed by atoms with Crippen molar-refractivity contribution in [2.45, 2.75) is 37.1 Å². The van der Waals surface area contributed by atoms with Crippen LogP contribution in [0.4, 0.5) is 13.2 Å². The summed E-state index contributed by atoms with van der Waals surface area (Å²) in [5.74, 6) is 0.601. The third-order valence-corrected chi connectivity index (χ3v) is 7.36. The molecule has 1 spiro atoms. The number of benzene rings is 1. The summed E-state index contributed by atoms with van der Waals surface area (Å²) in [5.41, 5.74) is -0.220. The second kappa shape index (κ2) is 9.57. The Kier molecular flexibility index (Phi) is 6.65. The molecule has 1 N–H and O–H groups in total. The first-order chi connectivity index (χ1) is 16.7. The number of ether oxygens (including phenoxy) is 2. The van der Waals surface area contributed by atoms with Gasteiger partial charge in [0.2, 0.25) is 5.88 Å². The predicted octanol–water partition coefficient (Wildman–Crippen LogP) is 5.09. The molecule has 0 unspecified atom stereocenters. The number of aromatic nitrogens is 2. The van der Waals surface area contributed by atoms with E-state index in [0.29, 0.717) is 16.4 Å². The molecule has 1 fully saturated rings. The Morgan fingerprint density at radius 3 is 2.71 bits per heavy atom. The van der Waals surface area contributed by atoms with Crippen LogP contribution in [-0.2, 0) is 12.6 Å². The molecule has 1 atom stereocenters. The normalized spacial score (nSPS) is 18.3. The van der Waals surface area contributed by atoms with Crippen molar-refractivity contribution < 1.29 is 27.8 Å². The van der Waals surface area contributed by atoms with Crippen LogP contribution in [0.3, 0.4) is 0 Å². The first kappa shape index (κ1) is 24.3. The van der Waals surface area contributed by atoms with Crippen molar-refractivity contribution in [2.24, 2.45) is 0 Å². The lowest BCUT2D eigenvalue weighted by Crippen LogP contribution is -2.49. The minimum absolute atomic E-state index is 0.0560. The van der Waals surface area contributed by atoms with E-state index in [4.69, 9.17) is 21.1 Å². The highest BCUT2D eigenvalue weighted by Gasteiger charge is 2.42. The number of nitrogens with zero attached hydrogens (tertiary/aromatic N) is 3. The molecule has 5 rings (SSSR count). The lowest BCUT2D eigenvalue weighted by Gasteiger charge is -2.39. The molecule has 1 aromatic carbocycles. The van der Waals surface area contributed by atoms with Crippen LogP contribution in [0.5, 0.6) is 11.6 Å². The molecule has 35 heavy (non-hydrogen) atoms. The Morgan fingerprint density at radius 1 is 1.20 bits per heavy atom. The zero-order valence-electron chi connectivity index (χ0n) is 18.6. The molecule has 186 valence electrons. The van der Waals surface area contributed by atoms with Gasteiger partial charge in [0.25, 0.3) is 0 Å². The van der Waals surface area contributed by atoms with Gasteiger partial charge in [-0.15, -0.1) is 11.3 Å². The second-order valence-corrected chi connectivity index (χ2v) is 10.3. The number of rotatable bonds is 6. The smallest absolute Gasteiger partial charge is 0.433 e. The third-order valence-electron chi connectivity index (χ3n) is 6.26. The molecule has 11 heteroatoms. The zero-order chi connectivity index (χ0) is 24.6. The molecule has 4 heterocycles. The average molecular weight is 526 g/mol. The number of likely N-dealkylation sites (tertiary alicyclic amines) is 1. The molecular weight excluding hydrogens is 503 g/mol. The summed E-state index contributed by atoms with van der Waals surface area (Å²) >= 11 is 7.34. The lowest BCUT2D eigenvalue weighted by molar-refractivity contribution is -0.141. The van der Waals surface area contributed by atoms with E-state index in [2.05, 4.69) is 14.9 Å². The highest BCUT2D eigenvalue weighted by molar-refractivity contribution is 7.13. The first-order valence-corrected chi connectivity index (χ1v) is 12.5. The summed E-state index contributed by atoms with van der Waals surface area (Å²) in [6, 6.07) is 9.78. The fourth-order valence-corrected chi connectivity index (χ4v) is 5.37. The van der Waals surface area contributed by atoms with Gasteiger partial charge in [0.05, 0.1) is 4.88 Å². The molecule has 0 amide bonds. The van der Waals surface area contributed by atoms with Gasteiger partial charge in [-0.05, 0) is 35.2 Å². The monoisotopic (exact) mass is 525 g/mol. The lowest BCUT2D eigenvalue weighted by atomic mass is 9.87. The Hall–Kier alpha value is -2.40. The molecule has 2 aromatic heterocycles. The Balaban J connectivity index is 1.16. The molecule has 0 radical (unpaired) electrons. The van der Waals surface area contributed by atoms with Crippen molar-refractivity contribution in [1.82, 2.24) is 14.9 Å². The van der Waals surface area contributed by atoms with Gasteiger partial charge in [0.15, 0.2) is 11.5 Å². The van der Waals surface area contributed by atoms with Crippen molar-refractivity contribution in [3.05, 3.63) is 58.1 Å². The summed E-state index contributed by atoms with van der Waals surface area (Å²) in [4.78, 5) is 10.3. The van der Waals surface area contributed by atoms with E-state index in [0.717, 1.165) is 49.7 Å². The fraction of sp³-hybridized carbons (Fsp3) is 0.417.